The molecule has 1 nitrogen and oxygen atoms in total. The average Bonchev–Trinajstić information content (AvgIpc) is 1.56. The zero-order valence-corrected chi connectivity index (χ0v) is 6.24. The SMILES string of the molecule is CC(C)CC(F)(F)C(O)(F)F. The van der Waals surface area contributed by atoms with E-state index in [0.29, 0.717) is 0 Å². The lowest BCUT2D eigenvalue weighted by Crippen LogP contribution is -2.41. The van der Waals surface area contributed by atoms with Gasteiger partial charge in [0.05, 0.1) is 0 Å². The van der Waals surface area contributed by atoms with Crippen LogP contribution >= 0.6 is 0 Å². The van der Waals surface area contributed by atoms with E-state index in [0.717, 1.165) is 0 Å². The summed E-state index contributed by atoms with van der Waals surface area (Å²) in [6.45, 7) is 2.75. The van der Waals surface area contributed by atoms with E-state index in [1.165, 1.54) is 13.8 Å². The molecule has 0 unspecified atom stereocenters. The number of alkyl halides is 4. The molecule has 0 fully saturated rings. The van der Waals surface area contributed by atoms with Crippen molar-refractivity contribution >= 4 is 0 Å². The zero-order valence-electron chi connectivity index (χ0n) is 6.24. The molecule has 0 aromatic heterocycles. The minimum atomic E-state index is -4.91. The highest BCUT2D eigenvalue weighted by atomic mass is 19.3. The van der Waals surface area contributed by atoms with E-state index in [1.807, 2.05) is 0 Å². The van der Waals surface area contributed by atoms with E-state index in [-0.39, 0.29) is 0 Å². The lowest BCUT2D eigenvalue weighted by Gasteiger charge is -2.22. The molecule has 0 amide bonds. The topological polar surface area (TPSA) is 20.2 Å². The second-order valence-electron chi connectivity index (χ2n) is 2.84. The third kappa shape index (κ3) is 3.05. The van der Waals surface area contributed by atoms with Crippen LogP contribution in [-0.4, -0.2) is 17.1 Å². The molecule has 11 heavy (non-hydrogen) atoms. The van der Waals surface area contributed by atoms with Gasteiger partial charge < -0.3 is 5.11 Å². The van der Waals surface area contributed by atoms with Gasteiger partial charge >= 0.3 is 12.0 Å². The summed E-state index contributed by atoms with van der Waals surface area (Å²) >= 11 is 0. The Morgan fingerprint density at radius 2 is 1.55 bits per heavy atom. The molecule has 0 aliphatic rings. The Hall–Kier alpha value is -0.320. The van der Waals surface area contributed by atoms with E-state index in [4.69, 9.17) is 5.11 Å². The molecule has 5 heteroatoms. The first kappa shape index (κ1) is 10.7. The van der Waals surface area contributed by atoms with Crippen LogP contribution in [0.3, 0.4) is 0 Å². The summed E-state index contributed by atoms with van der Waals surface area (Å²) in [4.78, 5) is 0. The van der Waals surface area contributed by atoms with Crippen molar-refractivity contribution in [1.82, 2.24) is 0 Å². The summed E-state index contributed by atoms with van der Waals surface area (Å²) in [5.74, 6) is -4.90. The van der Waals surface area contributed by atoms with Gasteiger partial charge in [-0.1, -0.05) is 13.8 Å². The summed E-state index contributed by atoms with van der Waals surface area (Å²) < 4.78 is 47.7. The maximum absolute atomic E-state index is 12.2. The van der Waals surface area contributed by atoms with Gasteiger partial charge in [0.2, 0.25) is 0 Å². The molecule has 0 spiro atoms. The maximum Gasteiger partial charge on any atom is 0.416 e. The van der Waals surface area contributed by atoms with Crippen molar-refractivity contribution in [2.24, 2.45) is 5.92 Å². The van der Waals surface area contributed by atoms with Crippen molar-refractivity contribution in [3.63, 3.8) is 0 Å². The Kier molecular flexibility index (Phi) is 2.88. The van der Waals surface area contributed by atoms with Gasteiger partial charge in [-0.25, -0.2) is 0 Å². The highest BCUT2D eigenvalue weighted by molar-refractivity contribution is 4.75. The highest BCUT2D eigenvalue weighted by Crippen LogP contribution is 2.36. The lowest BCUT2D eigenvalue weighted by molar-refractivity contribution is -0.329. The lowest BCUT2D eigenvalue weighted by atomic mass is 10.0. The molecule has 0 aromatic carbocycles. The fraction of sp³-hybridized carbons (Fsp3) is 1.00. The fourth-order valence-electron chi connectivity index (χ4n) is 0.636. The van der Waals surface area contributed by atoms with Crippen LogP contribution in [0.2, 0.25) is 0 Å². The van der Waals surface area contributed by atoms with Gasteiger partial charge in [-0.15, -0.1) is 0 Å². The highest BCUT2D eigenvalue weighted by Gasteiger charge is 2.54. The first-order chi connectivity index (χ1) is 4.67. The average molecular weight is 174 g/mol. The molecule has 0 heterocycles. The monoisotopic (exact) mass is 174 g/mol. The quantitative estimate of drug-likeness (QED) is 0.650. The van der Waals surface area contributed by atoms with Crippen LogP contribution in [0.15, 0.2) is 0 Å². The van der Waals surface area contributed by atoms with Gasteiger partial charge in [0.1, 0.15) is 0 Å². The summed E-state index contributed by atoms with van der Waals surface area (Å²) in [6.07, 6.45) is -5.92. The normalized spacial score (nSPS) is 14.2. The van der Waals surface area contributed by atoms with Gasteiger partial charge in [0.15, 0.2) is 0 Å². The number of hydrogen-bond acceptors (Lipinski definition) is 1. The third-order valence-corrected chi connectivity index (χ3v) is 1.10. The molecule has 0 aliphatic carbocycles. The van der Waals surface area contributed by atoms with Crippen molar-refractivity contribution in [3.05, 3.63) is 0 Å². The summed E-state index contributed by atoms with van der Waals surface area (Å²) in [5, 5.41) is 7.71. The molecular formula is C6H10F4O. The molecule has 0 atom stereocenters. The van der Waals surface area contributed by atoms with Gasteiger partial charge in [0, 0.05) is 6.42 Å². The van der Waals surface area contributed by atoms with Crippen molar-refractivity contribution in [2.75, 3.05) is 0 Å². The van der Waals surface area contributed by atoms with Crippen LogP contribution < -0.4 is 0 Å². The largest absolute Gasteiger partial charge is 0.416 e. The Bertz CT molecular complexity index is 127. The van der Waals surface area contributed by atoms with Crippen LogP contribution in [-0.2, 0) is 0 Å². The van der Waals surface area contributed by atoms with Crippen LogP contribution in [0.5, 0.6) is 0 Å². The smallest absolute Gasteiger partial charge is 0.332 e. The second-order valence-corrected chi connectivity index (χ2v) is 2.84. The summed E-state index contributed by atoms with van der Waals surface area (Å²) in [6, 6.07) is 0. The molecule has 0 saturated heterocycles. The Morgan fingerprint density at radius 3 is 1.64 bits per heavy atom. The van der Waals surface area contributed by atoms with Gasteiger partial charge in [-0.05, 0) is 5.92 Å². The van der Waals surface area contributed by atoms with Gasteiger partial charge in [0.25, 0.3) is 0 Å². The predicted molar refractivity (Wildman–Crippen MR) is 31.6 cm³/mol. The van der Waals surface area contributed by atoms with Crippen LogP contribution in [0.1, 0.15) is 20.3 Å². The standard InChI is InChI=1S/C6H10F4O/c1-4(2)3-5(7,8)6(9,10)11/h4,11H,3H2,1-2H3. The Labute approximate surface area is 62.0 Å². The van der Waals surface area contributed by atoms with E-state index in [9.17, 15) is 17.6 Å². The molecule has 68 valence electrons. The van der Waals surface area contributed by atoms with E-state index < -0.39 is 24.4 Å². The van der Waals surface area contributed by atoms with Gasteiger partial charge in [-0.3, -0.25) is 0 Å². The molecule has 1 N–H and O–H groups in total. The van der Waals surface area contributed by atoms with Crippen LogP contribution in [0.25, 0.3) is 0 Å². The predicted octanol–water partition coefficient (Wildman–Crippen LogP) is 2.25. The maximum atomic E-state index is 12.2. The minimum absolute atomic E-state index is 0.581. The van der Waals surface area contributed by atoms with Crippen LogP contribution in [0, 0.1) is 5.92 Å². The van der Waals surface area contributed by atoms with Crippen molar-refractivity contribution in [2.45, 2.75) is 32.3 Å². The minimum Gasteiger partial charge on any atom is -0.332 e. The van der Waals surface area contributed by atoms with E-state index >= 15 is 0 Å². The summed E-state index contributed by atoms with van der Waals surface area (Å²) in [5.41, 5.74) is 0. The molecule has 0 rings (SSSR count). The Balaban J connectivity index is 4.22. The summed E-state index contributed by atoms with van der Waals surface area (Å²) in [7, 11) is 0. The molecule has 0 aliphatic heterocycles. The van der Waals surface area contributed by atoms with Gasteiger partial charge in [-0.2, -0.15) is 17.6 Å². The fourth-order valence-corrected chi connectivity index (χ4v) is 0.636. The van der Waals surface area contributed by atoms with Crippen LogP contribution in [0.4, 0.5) is 17.6 Å². The van der Waals surface area contributed by atoms with Crippen molar-refractivity contribution < 1.29 is 22.7 Å². The zero-order chi connectivity index (χ0) is 9.28. The van der Waals surface area contributed by atoms with E-state index in [1.54, 1.807) is 0 Å². The first-order valence-electron chi connectivity index (χ1n) is 3.15. The van der Waals surface area contributed by atoms with Crippen molar-refractivity contribution in [3.8, 4) is 0 Å². The number of hydrogen-bond donors (Lipinski definition) is 1. The molecule has 0 saturated carbocycles. The number of aliphatic hydroxyl groups is 1. The number of halogens is 4. The van der Waals surface area contributed by atoms with Crippen molar-refractivity contribution in [1.29, 1.82) is 0 Å². The molecule has 0 bridgehead atoms. The molecule has 0 radical (unpaired) electrons. The first-order valence-corrected chi connectivity index (χ1v) is 3.15. The van der Waals surface area contributed by atoms with E-state index in [2.05, 4.69) is 0 Å². The third-order valence-electron chi connectivity index (χ3n) is 1.10. The molecule has 0 aromatic rings. The number of rotatable bonds is 3. The molecular weight excluding hydrogens is 164 g/mol. The Morgan fingerprint density at radius 1 is 1.18 bits per heavy atom. The second kappa shape index (κ2) is 2.97.